The third-order valence-corrected chi connectivity index (χ3v) is 6.14. The summed E-state index contributed by atoms with van der Waals surface area (Å²) in [5, 5.41) is 8.65. The molecule has 4 aromatic rings. The molecular weight excluding hydrogens is 356 g/mol. The van der Waals surface area contributed by atoms with Gasteiger partial charge in [0.05, 0.1) is 16.9 Å². The monoisotopic (exact) mass is 374 g/mol. The SMILES string of the molecule is Cc1cnccc1-c1ccc2c(ccc3sc4c(c32)NCC(C)NC4=O)n1. The molecule has 27 heavy (non-hydrogen) atoms. The minimum Gasteiger partial charge on any atom is -0.381 e. The van der Waals surface area contributed by atoms with Gasteiger partial charge in [-0.05, 0) is 49.7 Å². The van der Waals surface area contributed by atoms with Gasteiger partial charge in [-0.2, -0.15) is 0 Å². The molecule has 1 aromatic carbocycles. The van der Waals surface area contributed by atoms with E-state index in [2.05, 4.69) is 27.8 Å². The minimum atomic E-state index is -0.00570. The van der Waals surface area contributed by atoms with E-state index in [4.69, 9.17) is 4.98 Å². The largest absolute Gasteiger partial charge is 0.381 e. The van der Waals surface area contributed by atoms with Crippen molar-refractivity contribution in [3.8, 4) is 11.3 Å². The summed E-state index contributed by atoms with van der Waals surface area (Å²) in [6.45, 7) is 4.76. The van der Waals surface area contributed by atoms with Crippen molar-refractivity contribution in [2.45, 2.75) is 19.9 Å². The quantitative estimate of drug-likeness (QED) is 0.519. The molecule has 0 saturated heterocycles. The van der Waals surface area contributed by atoms with Crippen molar-refractivity contribution >= 4 is 43.9 Å². The molecule has 2 N–H and O–H groups in total. The van der Waals surface area contributed by atoms with Crippen molar-refractivity contribution in [1.82, 2.24) is 15.3 Å². The fraction of sp³-hybridized carbons (Fsp3) is 0.190. The van der Waals surface area contributed by atoms with E-state index in [1.807, 2.05) is 38.2 Å². The molecule has 5 nitrogen and oxygen atoms in total. The Morgan fingerprint density at radius 2 is 2.07 bits per heavy atom. The molecule has 1 amide bonds. The maximum absolute atomic E-state index is 12.5. The van der Waals surface area contributed by atoms with E-state index in [0.717, 1.165) is 48.4 Å². The molecule has 5 rings (SSSR count). The molecule has 0 radical (unpaired) electrons. The number of carbonyl (C=O) groups is 1. The number of nitrogens with one attached hydrogen (secondary N) is 2. The van der Waals surface area contributed by atoms with E-state index in [-0.39, 0.29) is 11.9 Å². The topological polar surface area (TPSA) is 66.9 Å². The Hall–Kier alpha value is -2.99. The molecule has 3 aromatic heterocycles. The molecule has 6 heteroatoms. The van der Waals surface area contributed by atoms with Crippen LogP contribution in [0.15, 0.2) is 42.7 Å². The summed E-state index contributed by atoms with van der Waals surface area (Å²) in [5.41, 5.74) is 4.97. The first-order chi connectivity index (χ1) is 13.1. The van der Waals surface area contributed by atoms with Gasteiger partial charge >= 0.3 is 0 Å². The molecule has 1 atom stereocenters. The van der Waals surface area contributed by atoms with Crippen LogP contribution in [0.25, 0.3) is 32.2 Å². The number of carbonyl (C=O) groups excluding carboxylic acids is 1. The van der Waals surface area contributed by atoms with Crippen molar-refractivity contribution in [3.05, 3.63) is 53.2 Å². The van der Waals surface area contributed by atoms with E-state index < -0.39 is 0 Å². The first-order valence-electron chi connectivity index (χ1n) is 8.94. The highest BCUT2D eigenvalue weighted by molar-refractivity contribution is 7.21. The van der Waals surface area contributed by atoms with Gasteiger partial charge in [0.15, 0.2) is 0 Å². The number of fused-ring (bicyclic) bond motifs is 5. The lowest BCUT2D eigenvalue weighted by atomic mass is 10.0. The number of thiophene rings is 1. The van der Waals surface area contributed by atoms with Crippen LogP contribution in [0.5, 0.6) is 0 Å². The molecule has 0 bridgehead atoms. The van der Waals surface area contributed by atoms with Gasteiger partial charge < -0.3 is 10.6 Å². The maximum atomic E-state index is 12.5. The summed E-state index contributed by atoms with van der Waals surface area (Å²) >= 11 is 1.53. The highest BCUT2D eigenvalue weighted by atomic mass is 32.1. The summed E-state index contributed by atoms with van der Waals surface area (Å²) in [4.78, 5) is 22.3. The predicted molar refractivity (Wildman–Crippen MR) is 111 cm³/mol. The normalized spacial score (nSPS) is 16.7. The highest BCUT2D eigenvalue weighted by Gasteiger charge is 2.24. The summed E-state index contributed by atoms with van der Waals surface area (Å²) in [5.74, 6) is -0.00570. The zero-order valence-electron chi connectivity index (χ0n) is 15.0. The van der Waals surface area contributed by atoms with Crippen molar-refractivity contribution < 1.29 is 4.79 Å². The summed E-state index contributed by atoms with van der Waals surface area (Å²) in [6, 6.07) is 10.3. The number of aromatic nitrogens is 2. The van der Waals surface area contributed by atoms with Gasteiger partial charge in [0.2, 0.25) is 0 Å². The Morgan fingerprint density at radius 1 is 1.19 bits per heavy atom. The summed E-state index contributed by atoms with van der Waals surface area (Å²) in [6.07, 6.45) is 3.65. The minimum absolute atomic E-state index is 0.00570. The van der Waals surface area contributed by atoms with Crippen molar-refractivity contribution in [2.75, 3.05) is 11.9 Å². The van der Waals surface area contributed by atoms with Crippen LogP contribution in [-0.4, -0.2) is 28.5 Å². The Labute approximate surface area is 160 Å². The Balaban J connectivity index is 1.74. The molecule has 1 aliphatic heterocycles. The average Bonchev–Trinajstić information content (AvgIpc) is 2.99. The van der Waals surface area contributed by atoms with Crippen LogP contribution in [0, 0.1) is 6.92 Å². The molecule has 4 heterocycles. The van der Waals surface area contributed by atoms with Crippen molar-refractivity contribution in [2.24, 2.45) is 0 Å². The lowest BCUT2D eigenvalue weighted by Crippen LogP contribution is -2.34. The standard InChI is InChI=1S/C21H18N4OS/c1-11-9-22-8-7-13(11)15-4-3-14-16(25-15)5-6-17-18(14)19-20(27-17)21(26)24-12(2)10-23-19/h3-9,12,23H,10H2,1-2H3,(H,24,26). The first-order valence-corrected chi connectivity index (χ1v) is 9.75. The molecule has 1 unspecified atom stereocenters. The van der Waals surface area contributed by atoms with E-state index in [9.17, 15) is 4.79 Å². The predicted octanol–water partition coefficient (Wildman–Crippen LogP) is 4.36. The van der Waals surface area contributed by atoms with Gasteiger partial charge in [-0.1, -0.05) is 0 Å². The van der Waals surface area contributed by atoms with Crippen molar-refractivity contribution in [1.29, 1.82) is 0 Å². The third kappa shape index (κ3) is 2.56. The van der Waals surface area contributed by atoms with Crippen LogP contribution in [0.3, 0.4) is 0 Å². The molecular formula is C21H18N4OS. The number of benzene rings is 1. The Kier molecular flexibility index (Phi) is 3.62. The number of amides is 1. The van der Waals surface area contributed by atoms with Crippen LogP contribution in [0.4, 0.5) is 5.69 Å². The molecule has 1 aliphatic rings. The van der Waals surface area contributed by atoms with Crippen LogP contribution >= 0.6 is 11.3 Å². The number of hydrogen-bond acceptors (Lipinski definition) is 5. The molecule has 0 fully saturated rings. The van der Waals surface area contributed by atoms with E-state index in [1.165, 1.54) is 11.3 Å². The van der Waals surface area contributed by atoms with Crippen molar-refractivity contribution in [3.63, 3.8) is 0 Å². The number of rotatable bonds is 1. The zero-order chi connectivity index (χ0) is 18.5. The van der Waals surface area contributed by atoms with Crippen LogP contribution < -0.4 is 10.6 Å². The Morgan fingerprint density at radius 3 is 2.93 bits per heavy atom. The maximum Gasteiger partial charge on any atom is 0.263 e. The first kappa shape index (κ1) is 16.2. The van der Waals surface area contributed by atoms with Gasteiger partial charge in [-0.15, -0.1) is 11.3 Å². The van der Waals surface area contributed by atoms with Gasteiger partial charge in [0.25, 0.3) is 5.91 Å². The Bertz CT molecular complexity index is 1210. The number of pyridine rings is 2. The van der Waals surface area contributed by atoms with Gasteiger partial charge in [-0.25, -0.2) is 4.98 Å². The summed E-state index contributed by atoms with van der Waals surface area (Å²) in [7, 11) is 0. The lowest BCUT2D eigenvalue weighted by Gasteiger charge is -2.10. The zero-order valence-corrected chi connectivity index (χ0v) is 15.9. The van der Waals surface area contributed by atoms with Gasteiger partial charge in [0.1, 0.15) is 4.88 Å². The third-order valence-electron chi connectivity index (χ3n) is 4.99. The summed E-state index contributed by atoms with van der Waals surface area (Å²) < 4.78 is 1.10. The fourth-order valence-electron chi connectivity index (χ4n) is 3.64. The lowest BCUT2D eigenvalue weighted by molar-refractivity contribution is 0.0949. The number of hydrogen-bond donors (Lipinski definition) is 2. The average molecular weight is 374 g/mol. The van der Waals surface area contributed by atoms with E-state index in [0.29, 0.717) is 6.54 Å². The second-order valence-corrected chi connectivity index (χ2v) is 8.01. The fourth-order valence-corrected chi connectivity index (χ4v) is 4.73. The highest BCUT2D eigenvalue weighted by Crippen LogP contribution is 2.41. The van der Waals surface area contributed by atoms with Crippen LogP contribution in [0.1, 0.15) is 22.2 Å². The number of anilines is 1. The van der Waals surface area contributed by atoms with Crippen LogP contribution in [-0.2, 0) is 0 Å². The number of nitrogens with zero attached hydrogens (tertiary/aromatic N) is 2. The van der Waals surface area contributed by atoms with Gasteiger partial charge in [-0.3, -0.25) is 9.78 Å². The molecule has 134 valence electrons. The van der Waals surface area contributed by atoms with Gasteiger partial charge in [0, 0.05) is 46.0 Å². The number of aryl methyl sites for hydroxylation is 1. The molecule has 0 spiro atoms. The second kappa shape index (κ2) is 6.03. The second-order valence-electron chi connectivity index (χ2n) is 6.95. The molecule has 0 saturated carbocycles. The smallest absolute Gasteiger partial charge is 0.263 e. The van der Waals surface area contributed by atoms with E-state index in [1.54, 1.807) is 6.20 Å². The van der Waals surface area contributed by atoms with Crippen LogP contribution in [0.2, 0.25) is 0 Å². The van der Waals surface area contributed by atoms with E-state index >= 15 is 0 Å². The molecule has 0 aliphatic carbocycles.